The molecule has 2 heterocycles. The quantitative estimate of drug-likeness (QED) is 0.801. The van der Waals surface area contributed by atoms with Crippen LogP contribution in [0.2, 0.25) is 0 Å². The molecular formula is C22H28N2O2S. The summed E-state index contributed by atoms with van der Waals surface area (Å²) in [6.07, 6.45) is 2.65. The van der Waals surface area contributed by atoms with Gasteiger partial charge in [-0.2, -0.15) is 0 Å². The maximum absolute atomic E-state index is 12.8. The van der Waals surface area contributed by atoms with Gasteiger partial charge < -0.3 is 10.2 Å². The fraction of sp³-hybridized carbons (Fsp3) is 0.455. The highest BCUT2D eigenvalue weighted by Crippen LogP contribution is 2.23. The molecule has 0 aliphatic carbocycles. The maximum atomic E-state index is 12.8. The van der Waals surface area contributed by atoms with Crippen LogP contribution in [0, 0.1) is 5.92 Å². The van der Waals surface area contributed by atoms with E-state index in [1.165, 1.54) is 16.9 Å². The van der Waals surface area contributed by atoms with Crippen molar-refractivity contribution in [3.05, 3.63) is 57.8 Å². The second kappa shape index (κ2) is 8.70. The van der Waals surface area contributed by atoms with E-state index < -0.39 is 0 Å². The van der Waals surface area contributed by atoms with Gasteiger partial charge >= 0.3 is 0 Å². The molecule has 27 heavy (non-hydrogen) atoms. The summed E-state index contributed by atoms with van der Waals surface area (Å²) in [6.45, 7) is 7.06. The van der Waals surface area contributed by atoms with Crippen molar-refractivity contribution in [2.75, 3.05) is 6.54 Å². The number of benzene rings is 1. The zero-order valence-electron chi connectivity index (χ0n) is 16.3. The van der Waals surface area contributed by atoms with Crippen LogP contribution in [-0.2, 0) is 11.2 Å². The fourth-order valence-corrected chi connectivity index (χ4v) is 4.31. The summed E-state index contributed by atoms with van der Waals surface area (Å²) >= 11 is 1.42. The average Bonchev–Trinajstić information content (AvgIpc) is 3.33. The molecule has 0 bridgehead atoms. The van der Waals surface area contributed by atoms with E-state index in [0.29, 0.717) is 17.3 Å². The fourth-order valence-electron chi connectivity index (χ4n) is 3.63. The maximum Gasteiger partial charge on any atom is 0.264 e. The third-order valence-corrected chi connectivity index (χ3v) is 5.89. The third-order valence-electron chi connectivity index (χ3n) is 5.03. The SMILES string of the molecule is CC(C)Cc1ccc(C(C)NC(=O)C2CCCN2C(=O)c2cccs2)cc1. The van der Waals surface area contributed by atoms with Crippen molar-refractivity contribution in [1.29, 1.82) is 0 Å². The Morgan fingerprint density at radius 3 is 2.56 bits per heavy atom. The number of rotatable bonds is 6. The minimum Gasteiger partial charge on any atom is -0.348 e. The van der Waals surface area contributed by atoms with Crippen molar-refractivity contribution in [2.45, 2.75) is 52.1 Å². The molecule has 1 fully saturated rings. The summed E-state index contributed by atoms with van der Waals surface area (Å²) in [7, 11) is 0. The zero-order valence-corrected chi connectivity index (χ0v) is 17.1. The molecule has 2 amide bonds. The van der Waals surface area contributed by atoms with E-state index in [0.717, 1.165) is 24.8 Å². The van der Waals surface area contributed by atoms with Gasteiger partial charge in [0, 0.05) is 6.54 Å². The van der Waals surface area contributed by atoms with Gasteiger partial charge in [-0.25, -0.2) is 0 Å². The molecule has 0 radical (unpaired) electrons. The molecule has 5 heteroatoms. The summed E-state index contributed by atoms with van der Waals surface area (Å²) in [5.41, 5.74) is 2.40. The first-order chi connectivity index (χ1) is 13.0. The summed E-state index contributed by atoms with van der Waals surface area (Å²) in [4.78, 5) is 27.9. The number of amides is 2. The van der Waals surface area contributed by atoms with Crippen LogP contribution in [0.5, 0.6) is 0 Å². The normalized spacial score (nSPS) is 17.9. The first-order valence-electron chi connectivity index (χ1n) is 9.69. The lowest BCUT2D eigenvalue weighted by Gasteiger charge is -2.25. The number of hydrogen-bond acceptors (Lipinski definition) is 3. The van der Waals surface area contributed by atoms with E-state index in [1.807, 2.05) is 24.4 Å². The molecule has 1 aromatic heterocycles. The summed E-state index contributed by atoms with van der Waals surface area (Å²) in [5, 5.41) is 4.99. The van der Waals surface area contributed by atoms with Gasteiger partial charge in [0.2, 0.25) is 5.91 Å². The van der Waals surface area contributed by atoms with Crippen molar-refractivity contribution >= 4 is 23.2 Å². The minimum absolute atomic E-state index is 0.0339. The van der Waals surface area contributed by atoms with Crippen molar-refractivity contribution in [2.24, 2.45) is 5.92 Å². The number of hydrogen-bond donors (Lipinski definition) is 1. The number of thiophene rings is 1. The third kappa shape index (κ3) is 4.78. The van der Waals surface area contributed by atoms with E-state index in [1.54, 1.807) is 4.90 Å². The Balaban J connectivity index is 1.62. The first-order valence-corrected chi connectivity index (χ1v) is 10.6. The van der Waals surface area contributed by atoms with Crippen molar-refractivity contribution in [3.63, 3.8) is 0 Å². The monoisotopic (exact) mass is 384 g/mol. The molecule has 0 saturated carbocycles. The minimum atomic E-state index is -0.373. The Labute approximate surface area is 165 Å². The zero-order chi connectivity index (χ0) is 19.4. The van der Waals surface area contributed by atoms with Crippen LogP contribution in [0.1, 0.15) is 60.5 Å². The highest BCUT2D eigenvalue weighted by atomic mass is 32.1. The van der Waals surface area contributed by atoms with Crippen LogP contribution in [0.25, 0.3) is 0 Å². The number of nitrogens with one attached hydrogen (secondary N) is 1. The molecule has 1 N–H and O–H groups in total. The summed E-state index contributed by atoms with van der Waals surface area (Å²) in [6, 6.07) is 11.7. The molecule has 0 spiro atoms. The second-order valence-electron chi connectivity index (χ2n) is 7.70. The Morgan fingerprint density at radius 1 is 1.19 bits per heavy atom. The van der Waals surface area contributed by atoms with Crippen LogP contribution in [0.4, 0.5) is 0 Å². The van der Waals surface area contributed by atoms with Crippen LogP contribution in [-0.4, -0.2) is 29.3 Å². The first kappa shape index (κ1) is 19.6. The van der Waals surface area contributed by atoms with Gasteiger partial charge in [0.1, 0.15) is 6.04 Å². The molecular weight excluding hydrogens is 356 g/mol. The molecule has 1 aromatic carbocycles. The number of nitrogens with zero attached hydrogens (tertiary/aromatic N) is 1. The molecule has 2 aromatic rings. The highest BCUT2D eigenvalue weighted by Gasteiger charge is 2.35. The largest absolute Gasteiger partial charge is 0.348 e. The van der Waals surface area contributed by atoms with E-state index in [9.17, 15) is 9.59 Å². The molecule has 2 atom stereocenters. The van der Waals surface area contributed by atoms with Gasteiger partial charge in [-0.15, -0.1) is 11.3 Å². The Morgan fingerprint density at radius 2 is 1.93 bits per heavy atom. The van der Waals surface area contributed by atoms with Crippen LogP contribution in [0.3, 0.4) is 0 Å². The smallest absolute Gasteiger partial charge is 0.264 e. The van der Waals surface area contributed by atoms with Gasteiger partial charge in [-0.3, -0.25) is 9.59 Å². The van der Waals surface area contributed by atoms with E-state index >= 15 is 0 Å². The lowest BCUT2D eigenvalue weighted by atomic mass is 10.00. The van der Waals surface area contributed by atoms with E-state index in [-0.39, 0.29) is 23.9 Å². The van der Waals surface area contributed by atoms with Gasteiger partial charge in [-0.1, -0.05) is 44.2 Å². The van der Waals surface area contributed by atoms with E-state index in [2.05, 4.69) is 43.4 Å². The van der Waals surface area contributed by atoms with Crippen LogP contribution in [0.15, 0.2) is 41.8 Å². The second-order valence-corrected chi connectivity index (χ2v) is 8.65. The van der Waals surface area contributed by atoms with Gasteiger partial charge in [0.15, 0.2) is 0 Å². The predicted molar refractivity (Wildman–Crippen MR) is 110 cm³/mol. The van der Waals surface area contributed by atoms with Crippen molar-refractivity contribution in [1.82, 2.24) is 10.2 Å². The topological polar surface area (TPSA) is 49.4 Å². The van der Waals surface area contributed by atoms with Gasteiger partial charge in [-0.05, 0) is 54.7 Å². The van der Waals surface area contributed by atoms with E-state index in [4.69, 9.17) is 0 Å². The average molecular weight is 385 g/mol. The molecule has 1 saturated heterocycles. The molecule has 1 aliphatic heterocycles. The number of carbonyl (C=O) groups is 2. The van der Waals surface area contributed by atoms with Gasteiger partial charge in [0.25, 0.3) is 5.91 Å². The molecule has 3 rings (SSSR count). The molecule has 4 nitrogen and oxygen atoms in total. The number of likely N-dealkylation sites (tertiary alicyclic amines) is 1. The van der Waals surface area contributed by atoms with Crippen LogP contribution < -0.4 is 5.32 Å². The Kier molecular flexibility index (Phi) is 6.32. The van der Waals surface area contributed by atoms with Crippen molar-refractivity contribution in [3.8, 4) is 0 Å². The lowest BCUT2D eigenvalue weighted by molar-refractivity contribution is -0.125. The van der Waals surface area contributed by atoms with Crippen molar-refractivity contribution < 1.29 is 9.59 Å². The predicted octanol–water partition coefficient (Wildman–Crippen LogP) is 4.43. The molecule has 2 unspecified atom stereocenters. The standard InChI is InChI=1S/C22H28N2O2S/c1-15(2)14-17-8-10-18(11-9-17)16(3)23-21(25)19-6-4-12-24(19)22(26)20-7-5-13-27-20/h5,7-11,13,15-16,19H,4,6,12,14H2,1-3H3,(H,23,25). The van der Waals surface area contributed by atoms with Gasteiger partial charge in [0.05, 0.1) is 10.9 Å². The summed E-state index contributed by atoms with van der Waals surface area (Å²) in [5.74, 6) is 0.534. The lowest BCUT2D eigenvalue weighted by Crippen LogP contribution is -2.46. The summed E-state index contributed by atoms with van der Waals surface area (Å²) < 4.78 is 0. The number of carbonyl (C=O) groups excluding carboxylic acids is 2. The highest BCUT2D eigenvalue weighted by molar-refractivity contribution is 7.12. The Hall–Kier alpha value is -2.14. The molecule has 1 aliphatic rings. The Bertz CT molecular complexity index is 768. The van der Waals surface area contributed by atoms with Crippen LogP contribution >= 0.6 is 11.3 Å². The molecule has 144 valence electrons.